The van der Waals surface area contributed by atoms with Crippen LogP contribution in [0.3, 0.4) is 0 Å². The highest BCUT2D eigenvalue weighted by atomic mass is 16.6. The van der Waals surface area contributed by atoms with Crippen molar-refractivity contribution in [1.82, 2.24) is 15.2 Å². The maximum Gasteiger partial charge on any atom is 0.410 e. The number of carbonyl (C=O) groups is 1. The van der Waals surface area contributed by atoms with Gasteiger partial charge in [0.2, 0.25) is 0 Å². The van der Waals surface area contributed by atoms with Gasteiger partial charge in [-0.25, -0.2) is 4.79 Å². The van der Waals surface area contributed by atoms with Gasteiger partial charge in [-0.1, -0.05) is 6.07 Å². The molecule has 1 rings (SSSR count). The van der Waals surface area contributed by atoms with Gasteiger partial charge in [0.1, 0.15) is 5.60 Å². The molecule has 0 bridgehead atoms. The molecule has 0 aromatic carbocycles. The van der Waals surface area contributed by atoms with E-state index in [1.165, 1.54) is 4.90 Å². The minimum Gasteiger partial charge on any atom is -0.444 e. The van der Waals surface area contributed by atoms with Crippen LogP contribution in [0.5, 0.6) is 0 Å². The molecule has 1 amide bonds. The summed E-state index contributed by atoms with van der Waals surface area (Å²) in [6, 6.07) is 3.99. The molecule has 0 saturated carbocycles. The number of aromatic nitrogens is 1. The highest BCUT2D eigenvalue weighted by molar-refractivity contribution is 5.68. The summed E-state index contributed by atoms with van der Waals surface area (Å²) in [6.07, 6.45) is 0.826. The molecule has 0 fully saturated rings. The van der Waals surface area contributed by atoms with Crippen LogP contribution in [0.15, 0.2) is 18.3 Å². The molecule has 1 aromatic heterocycles. The molecule has 0 spiro atoms. The average Bonchev–Trinajstić information content (AvgIpc) is 2.41. The van der Waals surface area contributed by atoms with Gasteiger partial charge >= 0.3 is 6.09 Å². The molecule has 6 nitrogen and oxygen atoms in total. The first kappa shape index (κ1) is 19.4. The number of aliphatic hydroxyl groups excluding tert-OH is 1. The molecule has 6 heteroatoms. The summed E-state index contributed by atoms with van der Waals surface area (Å²) >= 11 is 0. The number of aliphatic hydroxyl groups is 1. The van der Waals surface area contributed by atoms with E-state index >= 15 is 0 Å². The van der Waals surface area contributed by atoms with E-state index in [1.54, 1.807) is 6.92 Å². The van der Waals surface area contributed by atoms with Gasteiger partial charge in [-0.05, 0) is 46.2 Å². The Morgan fingerprint density at radius 1 is 1.43 bits per heavy atom. The number of amides is 1. The van der Waals surface area contributed by atoms with Crippen LogP contribution < -0.4 is 5.32 Å². The molecule has 1 aromatic rings. The third-order valence-electron chi connectivity index (χ3n) is 2.97. The van der Waals surface area contributed by atoms with Crippen LogP contribution in [0.25, 0.3) is 0 Å². The van der Waals surface area contributed by atoms with Crippen molar-refractivity contribution >= 4 is 6.09 Å². The standard InChI is InChI=1S/C17H29N3O3/c1-13-6-7-15(19-10-13)11-18-8-9-20(12-14(2)21)16(22)23-17(3,4)5/h6-7,10,14,18,21H,8-9,11-12H2,1-5H3. The van der Waals surface area contributed by atoms with Crippen LogP contribution in [-0.2, 0) is 11.3 Å². The van der Waals surface area contributed by atoms with E-state index in [0.717, 1.165) is 11.3 Å². The Morgan fingerprint density at radius 2 is 2.13 bits per heavy atom. The summed E-state index contributed by atoms with van der Waals surface area (Å²) < 4.78 is 5.36. The number of ether oxygens (including phenoxy) is 1. The lowest BCUT2D eigenvalue weighted by molar-refractivity contribution is 0.0164. The summed E-state index contributed by atoms with van der Waals surface area (Å²) in [4.78, 5) is 18.0. The zero-order chi connectivity index (χ0) is 17.5. The molecule has 2 N–H and O–H groups in total. The first-order valence-electron chi connectivity index (χ1n) is 7.95. The Labute approximate surface area is 138 Å². The zero-order valence-electron chi connectivity index (χ0n) is 14.8. The van der Waals surface area contributed by atoms with E-state index < -0.39 is 17.8 Å². The lowest BCUT2D eigenvalue weighted by Gasteiger charge is -2.28. The van der Waals surface area contributed by atoms with Crippen molar-refractivity contribution in [3.05, 3.63) is 29.6 Å². The Bertz CT molecular complexity index is 481. The second kappa shape index (κ2) is 8.84. The molecule has 0 radical (unpaired) electrons. The van der Waals surface area contributed by atoms with Crippen molar-refractivity contribution in [2.24, 2.45) is 0 Å². The molecule has 0 aliphatic carbocycles. The van der Waals surface area contributed by atoms with E-state index in [2.05, 4.69) is 10.3 Å². The summed E-state index contributed by atoms with van der Waals surface area (Å²) in [5.41, 5.74) is 1.53. The van der Waals surface area contributed by atoms with Crippen LogP contribution >= 0.6 is 0 Å². The lowest BCUT2D eigenvalue weighted by Crippen LogP contribution is -2.43. The van der Waals surface area contributed by atoms with E-state index in [9.17, 15) is 9.90 Å². The van der Waals surface area contributed by atoms with Crippen LogP contribution in [0.4, 0.5) is 4.79 Å². The predicted octanol–water partition coefficient (Wildman–Crippen LogP) is 2.10. The summed E-state index contributed by atoms with van der Waals surface area (Å²) in [5.74, 6) is 0. The number of nitrogens with one attached hydrogen (secondary N) is 1. The largest absolute Gasteiger partial charge is 0.444 e. The van der Waals surface area contributed by atoms with Crippen LogP contribution in [0.2, 0.25) is 0 Å². The monoisotopic (exact) mass is 323 g/mol. The number of hydrogen-bond donors (Lipinski definition) is 2. The van der Waals surface area contributed by atoms with Crippen LogP contribution in [0, 0.1) is 6.92 Å². The van der Waals surface area contributed by atoms with Crippen molar-refractivity contribution in [2.45, 2.75) is 52.9 Å². The normalized spacial score (nSPS) is 12.8. The van der Waals surface area contributed by atoms with Gasteiger partial charge in [0.15, 0.2) is 0 Å². The Morgan fingerprint density at radius 3 is 2.65 bits per heavy atom. The second-order valence-corrected chi connectivity index (χ2v) is 6.78. The maximum absolute atomic E-state index is 12.1. The van der Waals surface area contributed by atoms with Gasteiger partial charge in [-0.3, -0.25) is 4.98 Å². The summed E-state index contributed by atoms with van der Waals surface area (Å²) in [7, 11) is 0. The van der Waals surface area contributed by atoms with E-state index in [1.807, 2.05) is 46.0 Å². The Kier molecular flexibility index (Phi) is 7.45. The predicted molar refractivity (Wildman–Crippen MR) is 90.2 cm³/mol. The molecule has 1 heterocycles. The third kappa shape index (κ3) is 8.52. The quantitative estimate of drug-likeness (QED) is 0.752. The highest BCUT2D eigenvalue weighted by Gasteiger charge is 2.22. The van der Waals surface area contributed by atoms with Crippen molar-refractivity contribution in [3.8, 4) is 0 Å². The zero-order valence-corrected chi connectivity index (χ0v) is 14.8. The topological polar surface area (TPSA) is 74.7 Å². The number of pyridine rings is 1. The lowest BCUT2D eigenvalue weighted by atomic mass is 10.2. The molecular formula is C17H29N3O3. The third-order valence-corrected chi connectivity index (χ3v) is 2.97. The number of carbonyl (C=O) groups excluding carboxylic acids is 1. The first-order chi connectivity index (χ1) is 10.7. The van der Waals surface area contributed by atoms with Gasteiger partial charge < -0.3 is 20.1 Å². The first-order valence-corrected chi connectivity index (χ1v) is 7.95. The molecular weight excluding hydrogens is 294 g/mol. The minimum absolute atomic E-state index is 0.249. The Hall–Kier alpha value is -1.66. The summed E-state index contributed by atoms with van der Waals surface area (Å²) in [6.45, 7) is 11.1. The molecule has 23 heavy (non-hydrogen) atoms. The number of rotatable bonds is 7. The highest BCUT2D eigenvalue weighted by Crippen LogP contribution is 2.10. The molecule has 1 unspecified atom stereocenters. The van der Waals surface area contributed by atoms with Gasteiger partial charge in [0, 0.05) is 32.4 Å². The second-order valence-electron chi connectivity index (χ2n) is 6.78. The fourth-order valence-corrected chi connectivity index (χ4v) is 1.94. The van der Waals surface area contributed by atoms with Gasteiger partial charge in [0.05, 0.1) is 11.8 Å². The molecule has 0 saturated heterocycles. The van der Waals surface area contributed by atoms with Gasteiger partial charge in [-0.15, -0.1) is 0 Å². The van der Waals surface area contributed by atoms with Crippen molar-refractivity contribution < 1.29 is 14.6 Å². The fourth-order valence-electron chi connectivity index (χ4n) is 1.94. The number of nitrogens with zero attached hydrogens (tertiary/aromatic N) is 2. The maximum atomic E-state index is 12.1. The summed E-state index contributed by atoms with van der Waals surface area (Å²) in [5, 5.41) is 12.8. The van der Waals surface area contributed by atoms with E-state index in [-0.39, 0.29) is 6.54 Å². The van der Waals surface area contributed by atoms with Gasteiger partial charge in [0.25, 0.3) is 0 Å². The molecule has 0 aliphatic heterocycles. The van der Waals surface area contributed by atoms with E-state index in [0.29, 0.717) is 19.6 Å². The van der Waals surface area contributed by atoms with Crippen molar-refractivity contribution in [1.29, 1.82) is 0 Å². The molecule has 1 atom stereocenters. The van der Waals surface area contributed by atoms with E-state index in [4.69, 9.17) is 4.74 Å². The number of hydrogen-bond acceptors (Lipinski definition) is 5. The fraction of sp³-hybridized carbons (Fsp3) is 0.647. The smallest absolute Gasteiger partial charge is 0.410 e. The van der Waals surface area contributed by atoms with Crippen LogP contribution in [0.1, 0.15) is 39.0 Å². The molecule has 0 aliphatic rings. The van der Waals surface area contributed by atoms with Gasteiger partial charge in [-0.2, -0.15) is 0 Å². The minimum atomic E-state index is -0.596. The Balaban J connectivity index is 2.44. The SMILES string of the molecule is Cc1ccc(CNCCN(CC(C)O)C(=O)OC(C)(C)C)nc1. The molecule has 130 valence electrons. The number of aryl methyl sites for hydroxylation is 1. The average molecular weight is 323 g/mol. The van der Waals surface area contributed by atoms with Crippen LogP contribution in [-0.4, -0.2) is 52.4 Å². The van der Waals surface area contributed by atoms with Crippen molar-refractivity contribution in [3.63, 3.8) is 0 Å². The van der Waals surface area contributed by atoms with Crippen molar-refractivity contribution in [2.75, 3.05) is 19.6 Å².